The van der Waals surface area contributed by atoms with Crippen LogP contribution in [0, 0.1) is 12.7 Å². The molecule has 0 amide bonds. The molecule has 0 saturated carbocycles. The molecule has 19 heavy (non-hydrogen) atoms. The number of carbonyl (C=O) groups excluding carboxylic acids is 1. The molecule has 0 fully saturated rings. The minimum Gasteiger partial charge on any atom is -0.335 e. The van der Waals surface area contributed by atoms with E-state index in [-0.39, 0.29) is 18.0 Å². The van der Waals surface area contributed by atoms with E-state index in [9.17, 15) is 9.18 Å². The number of ketones is 1. The van der Waals surface area contributed by atoms with Crippen molar-refractivity contribution in [2.45, 2.75) is 33.2 Å². The lowest BCUT2D eigenvalue weighted by molar-refractivity contribution is 0.0989. The first kappa shape index (κ1) is 13.5. The molecule has 0 spiro atoms. The molecule has 2 aromatic rings. The molecule has 100 valence electrons. The Morgan fingerprint density at radius 1 is 1.42 bits per heavy atom. The van der Waals surface area contributed by atoms with E-state index in [0.717, 1.165) is 18.8 Å². The highest BCUT2D eigenvalue weighted by Crippen LogP contribution is 2.12. The number of carbonyl (C=O) groups is 1. The van der Waals surface area contributed by atoms with Gasteiger partial charge in [-0.1, -0.05) is 19.1 Å². The van der Waals surface area contributed by atoms with Gasteiger partial charge in [-0.05, 0) is 25.0 Å². The van der Waals surface area contributed by atoms with Crippen LogP contribution in [-0.4, -0.2) is 15.3 Å². The van der Waals surface area contributed by atoms with Gasteiger partial charge < -0.3 is 4.57 Å². The van der Waals surface area contributed by atoms with Crippen molar-refractivity contribution in [2.75, 3.05) is 0 Å². The second-order valence-electron chi connectivity index (χ2n) is 4.60. The topological polar surface area (TPSA) is 34.9 Å². The number of hydrogen-bond acceptors (Lipinski definition) is 2. The molecule has 2 rings (SSSR count). The number of benzene rings is 1. The quantitative estimate of drug-likeness (QED) is 0.774. The van der Waals surface area contributed by atoms with Gasteiger partial charge >= 0.3 is 0 Å². The fourth-order valence-corrected chi connectivity index (χ4v) is 1.96. The van der Waals surface area contributed by atoms with Gasteiger partial charge in [0.1, 0.15) is 11.6 Å². The molecular weight excluding hydrogens is 243 g/mol. The molecule has 0 N–H and O–H groups in total. The van der Waals surface area contributed by atoms with E-state index in [4.69, 9.17) is 0 Å². The average molecular weight is 260 g/mol. The number of imidazole rings is 1. The number of hydrogen-bond donors (Lipinski definition) is 0. The Balaban J connectivity index is 2.16. The van der Waals surface area contributed by atoms with E-state index in [2.05, 4.69) is 11.9 Å². The first-order valence-corrected chi connectivity index (χ1v) is 6.41. The normalized spacial score (nSPS) is 10.7. The van der Waals surface area contributed by atoms with Gasteiger partial charge in [0.05, 0.1) is 6.42 Å². The predicted octanol–water partition coefficient (Wildman–Crippen LogP) is 3.17. The first-order valence-electron chi connectivity index (χ1n) is 6.41. The first-order chi connectivity index (χ1) is 9.11. The van der Waals surface area contributed by atoms with E-state index in [1.807, 2.05) is 10.8 Å². The molecule has 0 aliphatic carbocycles. The molecular formula is C15H17FN2O. The Morgan fingerprint density at radius 2 is 2.21 bits per heavy atom. The highest BCUT2D eigenvalue weighted by atomic mass is 19.1. The van der Waals surface area contributed by atoms with Crippen LogP contribution in [0.25, 0.3) is 0 Å². The van der Waals surface area contributed by atoms with Crippen LogP contribution in [0.5, 0.6) is 0 Å². The van der Waals surface area contributed by atoms with Crippen molar-refractivity contribution < 1.29 is 9.18 Å². The number of aryl methyl sites for hydroxylation is 2. The minimum atomic E-state index is -0.345. The predicted molar refractivity (Wildman–Crippen MR) is 71.7 cm³/mol. The zero-order chi connectivity index (χ0) is 13.8. The van der Waals surface area contributed by atoms with Gasteiger partial charge in [-0.3, -0.25) is 4.79 Å². The summed E-state index contributed by atoms with van der Waals surface area (Å²) in [5, 5.41) is 0. The smallest absolute Gasteiger partial charge is 0.170 e. The van der Waals surface area contributed by atoms with Gasteiger partial charge in [0.2, 0.25) is 0 Å². The maximum absolute atomic E-state index is 13.4. The van der Waals surface area contributed by atoms with Crippen LogP contribution in [0.3, 0.4) is 0 Å². The van der Waals surface area contributed by atoms with Gasteiger partial charge in [0.25, 0.3) is 0 Å². The standard InChI is InChI=1S/C15H17FN2O/c1-3-7-18-8-6-17-15(18)10-14(19)12-5-4-11(2)13(16)9-12/h4-6,8-9H,3,7,10H2,1-2H3. The minimum absolute atomic E-state index is 0.109. The van der Waals surface area contributed by atoms with Gasteiger partial charge in [-0.15, -0.1) is 0 Å². The zero-order valence-electron chi connectivity index (χ0n) is 11.2. The van der Waals surface area contributed by atoms with E-state index in [1.54, 1.807) is 25.3 Å². The van der Waals surface area contributed by atoms with E-state index >= 15 is 0 Å². The highest BCUT2D eigenvalue weighted by molar-refractivity contribution is 5.97. The van der Waals surface area contributed by atoms with Gasteiger partial charge in [0.15, 0.2) is 5.78 Å². The third kappa shape index (κ3) is 3.08. The van der Waals surface area contributed by atoms with E-state index in [1.165, 1.54) is 6.07 Å². The van der Waals surface area contributed by atoms with E-state index < -0.39 is 0 Å². The summed E-state index contributed by atoms with van der Waals surface area (Å²) in [6, 6.07) is 4.58. The summed E-state index contributed by atoms with van der Waals surface area (Å²) in [4.78, 5) is 16.3. The Morgan fingerprint density at radius 3 is 2.89 bits per heavy atom. The molecule has 0 atom stereocenters. The van der Waals surface area contributed by atoms with Crippen LogP contribution in [0.2, 0.25) is 0 Å². The van der Waals surface area contributed by atoms with Crippen molar-refractivity contribution in [1.29, 1.82) is 0 Å². The van der Waals surface area contributed by atoms with Crippen molar-refractivity contribution in [2.24, 2.45) is 0 Å². The third-order valence-electron chi connectivity index (χ3n) is 3.08. The largest absolute Gasteiger partial charge is 0.335 e. The van der Waals surface area contributed by atoms with Crippen LogP contribution < -0.4 is 0 Å². The summed E-state index contributed by atoms with van der Waals surface area (Å²) in [7, 11) is 0. The van der Waals surface area contributed by atoms with Crippen molar-refractivity contribution in [3.63, 3.8) is 0 Å². The Bertz CT molecular complexity index is 590. The number of nitrogens with zero attached hydrogens (tertiary/aromatic N) is 2. The molecule has 1 aromatic heterocycles. The number of aromatic nitrogens is 2. The second kappa shape index (κ2) is 5.78. The summed E-state index contributed by atoms with van der Waals surface area (Å²) >= 11 is 0. The second-order valence-corrected chi connectivity index (χ2v) is 4.60. The highest BCUT2D eigenvalue weighted by Gasteiger charge is 2.12. The average Bonchev–Trinajstić information content (AvgIpc) is 2.80. The van der Waals surface area contributed by atoms with Gasteiger partial charge in [-0.25, -0.2) is 9.37 Å². The Labute approximate surface area is 112 Å². The summed E-state index contributed by atoms with van der Waals surface area (Å²) < 4.78 is 15.4. The van der Waals surface area contributed by atoms with Crippen LogP contribution in [0.1, 0.15) is 35.1 Å². The third-order valence-corrected chi connectivity index (χ3v) is 3.08. The van der Waals surface area contributed by atoms with E-state index in [0.29, 0.717) is 11.1 Å². The van der Waals surface area contributed by atoms with Crippen LogP contribution in [-0.2, 0) is 13.0 Å². The molecule has 0 aliphatic heterocycles. The maximum Gasteiger partial charge on any atom is 0.170 e. The van der Waals surface area contributed by atoms with Crippen molar-refractivity contribution in [3.05, 3.63) is 53.4 Å². The summed E-state index contributed by atoms with van der Waals surface area (Å²) in [5.41, 5.74) is 0.943. The number of halogens is 1. The lowest BCUT2D eigenvalue weighted by Crippen LogP contribution is -2.10. The van der Waals surface area contributed by atoms with Crippen molar-refractivity contribution in [1.82, 2.24) is 9.55 Å². The molecule has 0 aliphatic rings. The lowest BCUT2D eigenvalue weighted by atomic mass is 10.1. The monoisotopic (exact) mass is 260 g/mol. The van der Waals surface area contributed by atoms with Crippen LogP contribution in [0.4, 0.5) is 4.39 Å². The van der Waals surface area contributed by atoms with Crippen molar-refractivity contribution in [3.8, 4) is 0 Å². The zero-order valence-corrected chi connectivity index (χ0v) is 11.2. The maximum atomic E-state index is 13.4. The van der Waals surface area contributed by atoms with Crippen LogP contribution in [0.15, 0.2) is 30.6 Å². The number of rotatable bonds is 5. The summed E-state index contributed by atoms with van der Waals surface area (Å²) in [5.74, 6) is 0.276. The molecule has 0 bridgehead atoms. The Hall–Kier alpha value is -1.97. The van der Waals surface area contributed by atoms with Gasteiger partial charge in [-0.2, -0.15) is 0 Å². The molecule has 3 nitrogen and oxygen atoms in total. The fourth-order valence-electron chi connectivity index (χ4n) is 1.96. The number of Topliss-reactive ketones (excluding diaryl/α,β-unsaturated/α-hetero) is 1. The van der Waals surface area contributed by atoms with Crippen LogP contribution >= 0.6 is 0 Å². The molecule has 1 aromatic carbocycles. The molecule has 0 radical (unpaired) electrons. The fraction of sp³-hybridized carbons (Fsp3) is 0.333. The van der Waals surface area contributed by atoms with Crippen molar-refractivity contribution >= 4 is 5.78 Å². The SMILES string of the molecule is CCCn1ccnc1CC(=O)c1ccc(C)c(F)c1. The summed E-state index contributed by atoms with van der Waals surface area (Å²) in [6.45, 7) is 4.59. The lowest BCUT2D eigenvalue weighted by Gasteiger charge is -2.06. The Kier molecular flexibility index (Phi) is 4.10. The molecule has 0 saturated heterocycles. The summed E-state index contributed by atoms with van der Waals surface area (Å²) in [6.07, 6.45) is 4.74. The molecule has 0 unspecified atom stereocenters. The molecule has 4 heteroatoms. The molecule has 1 heterocycles. The van der Waals surface area contributed by atoms with Gasteiger partial charge in [0, 0.05) is 24.5 Å².